The summed E-state index contributed by atoms with van der Waals surface area (Å²) in [7, 11) is -0.703. The number of carbonyl (C=O) groups excluding carboxylic acids is 1. The molecule has 3 heterocycles. The third-order valence-electron chi connectivity index (χ3n) is 5.81. The maximum atomic E-state index is 15.1. The van der Waals surface area contributed by atoms with E-state index in [1.54, 1.807) is 19.1 Å². The number of aryl methyl sites for hydroxylation is 1. The second-order valence-electron chi connectivity index (χ2n) is 8.29. The summed E-state index contributed by atoms with van der Waals surface area (Å²) in [5, 5.41) is 0. The Hall–Kier alpha value is -2.25. The van der Waals surface area contributed by atoms with Crippen LogP contribution in [0.2, 0.25) is 0 Å². The maximum Gasteiger partial charge on any atom is 0.494 e. The van der Waals surface area contributed by atoms with E-state index in [1.807, 2.05) is 27.7 Å². The molecule has 0 radical (unpaired) electrons. The Morgan fingerprint density at radius 3 is 2.57 bits per heavy atom. The highest BCUT2D eigenvalue weighted by Gasteiger charge is 2.51. The van der Waals surface area contributed by atoms with Crippen LogP contribution in [-0.2, 0) is 22.4 Å². The lowest BCUT2D eigenvalue weighted by molar-refractivity contribution is 0.00578. The molecular formula is C21H24BFN2O3. The second kappa shape index (κ2) is 6.39. The fraction of sp³-hybridized carbons (Fsp3) is 0.429. The molecule has 7 heteroatoms. The normalized spacial score (nSPS) is 22.9. The van der Waals surface area contributed by atoms with Crippen molar-refractivity contribution in [3.05, 3.63) is 58.7 Å². The monoisotopic (exact) mass is 384 g/mol. The lowest BCUT2D eigenvalue weighted by atomic mass is 9.77. The lowest BCUT2D eigenvalue weighted by Gasteiger charge is -2.32. The quantitative estimate of drug-likeness (QED) is 0.764. The smallest absolute Gasteiger partial charge is 0.399 e. The van der Waals surface area contributed by atoms with Crippen molar-refractivity contribution in [1.29, 1.82) is 0 Å². The predicted molar refractivity (Wildman–Crippen MR) is 105 cm³/mol. The van der Waals surface area contributed by atoms with Crippen molar-refractivity contribution in [2.24, 2.45) is 0 Å². The SMILES string of the molecule is [2H]C1([2H])c2ncccc2C(=O)N1Cc1c(C)cc(B2OC(C)(C)C(C)(C)O2)cc1F. The largest absolute Gasteiger partial charge is 0.494 e. The Bertz CT molecular complexity index is 1010. The van der Waals surface area contributed by atoms with Crippen molar-refractivity contribution in [2.75, 3.05) is 0 Å². The van der Waals surface area contributed by atoms with E-state index in [-0.39, 0.29) is 23.4 Å². The molecule has 0 atom stereocenters. The molecular weight excluding hydrogens is 358 g/mol. The minimum Gasteiger partial charge on any atom is -0.399 e. The van der Waals surface area contributed by atoms with Gasteiger partial charge in [0.15, 0.2) is 0 Å². The van der Waals surface area contributed by atoms with E-state index >= 15 is 4.39 Å². The molecule has 5 nitrogen and oxygen atoms in total. The van der Waals surface area contributed by atoms with E-state index in [0.717, 1.165) is 4.90 Å². The summed E-state index contributed by atoms with van der Waals surface area (Å²) in [6, 6.07) is 6.22. The van der Waals surface area contributed by atoms with Crippen LogP contribution in [0.5, 0.6) is 0 Å². The van der Waals surface area contributed by atoms with Crippen molar-refractivity contribution in [1.82, 2.24) is 9.88 Å². The van der Waals surface area contributed by atoms with Crippen LogP contribution in [0, 0.1) is 12.7 Å². The molecule has 4 rings (SSSR count). The molecule has 0 aliphatic carbocycles. The highest BCUT2D eigenvalue weighted by Crippen LogP contribution is 2.36. The molecule has 1 amide bonds. The Morgan fingerprint density at radius 2 is 1.96 bits per heavy atom. The minimum absolute atomic E-state index is 0.0573. The van der Waals surface area contributed by atoms with Gasteiger partial charge in [-0.3, -0.25) is 9.78 Å². The summed E-state index contributed by atoms with van der Waals surface area (Å²) >= 11 is 0. The van der Waals surface area contributed by atoms with Gasteiger partial charge in [0.05, 0.1) is 31.7 Å². The molecule has 146 valence electrons. The van der Waals surface area contributed by atoms with Gasteiger partial charge in [0, 0.05) is 18.3 Å². The van der Waals surface area contributed by atoms with Gasteiger partial charge in [0.1, 0.15) is 5.82 Å². The molecule has 2 aromatic rings. The van der Waals surface area contributed by atoms with Crippen LogP contribution in [0.3, 0.4) is 0 Å². The number of amides is 1. The van der Waals surface area contributed by atoms with Gasteiger partial charge in [-0.2, -0.15) is 0 Å². The average molecular weight is 384 g/mol. The number of hydrogen-bond donors (Lipinski definition) is 0. The molecule has 1 aromatic carbocycles. The van der Waals surface area contributed by atoms with Crippen molar-refractivity contribution in [3.63, 3.8) is 0 Å². The van der Waals surface area contributed by atoms with Gasteiger partial charge in [0.25, 0.3) is 5.91 Å². The Kier molecular flexibility index (Phi) is 3.81. The first-order valence-corrected chi connectivity index (χ1v) is 9.27. The van der Waals surface area contributed by atoms with E-state index in [2.05, 4.69) is 4.98 Å². The Morgan fingerprint density at radius 1 is 1.29 bits per heavy atom. The molecule has 0 saturated carbocycles. The summed E-state index contributed by atoms with van der Waals surface area (Å²) in [5.74, 6) is -1.04. The molecule has 2 aliphatic rings. The van der Waals surface area contributed by atoms with E-state index in [1.165, 1.54) is 18.3 Å². The summed E-state index contributed by atoms with van der Waals surface area (Å²) in [6.45, 7) is 7.12. The van der Waals surface area contributed by atoms with E-state index in [9.17, 15) is 4.79 Å². The van der Waals surface area contributed by atoms with Crippen molar-refractivity contribution >= 4 is 18.5 Å². The van der Waals surface area contributed by atoms with Crippen molar-refractivity contribution in [2.45, 2.75) is 58.9 Å². The van der Waals surface area contributed by atoms with Gasteiger partial charge in [-0.15, -0.1) is 0 Å². The van der Waals surface area contributed by atoms with Gasteiger partial charge in [-0.25, -0.2) is 4.39 Å². The molecule has 1 saturated heterocycles. The zero-order valence-electron chi connectivity index (χ0n) is 18.7. The molecule has 28 heavy (non-hydrogen) atoms. The average Bonchev–Trinajstić information content (AvgIpc) is 2.98. The summed E-state index contributed by atoms with van der Waals surface area (Å²) in [6.07, 6.45) is 1.44. The number of carbonyl (C=O) groups is 1. The molecule has 2 aliphatic heterocycles. The highest BCUT2D eigenvalue weighted by atomic mass is 19.1. The third kappa shape index (κ3) is 3.03. The van der Waals surface area contributed by atoms with Crippen molar-refractivity contribution in [3.8, 4) is 0 Å². The summed E-state index contributed by atoms with van der Waals surface area (Å²) in [4.78, 5) is 17.8. The van der Waals surface area contributed by atoms with Gasteiger partial charge >= 0.3 is 7.12 Å². The van der Waals surface area contributed by atoms with Crippen LogP contribution >= 0.6 is 0 Å². The van der Waals surface area contributed by atoms with Crippen molar-refractivity contribution < 1.29 is 21.2 Å². The minimum atomic E-state index is -2.11. The van der Waals surface area contributed by atoms with E-state index < -0.39 is 36.5 Å². The van der Waals surface area contributed by atoms with Crippen LogP contribution in [0.4, 0.5) is 4.39 Å². The Labute approximate surface area is 167 Å². The number of fused-ring (bicyclic) bond motifs is 1. The lowest BCUT2D eigenvalue weighted by Crippen LogP contribution is -2.41. The topological polar surface area (TPSA) is 51.7 Å². The van der Waals surface area contributed by atoms with Gasteiger partial charge in [0.2, 0.25) is 0 Å². The first-order chi connectivity index (χ1) is 13.8. The van der Waals surface area contributed by atoms with Gasteiger partial charge < -0.3 is 14.2 Å². The van der Waals surface area contributed by atoms with Crippen LogP contribution < -0.4 is 5.46 Å². The molecule has 1 fully saturated rings. The molecule has 0 N–H and O–H groups in total. The number of hydrogen-bond acceptors (Lipinski definition) is 4. The number of nitrogens with zero attached hydrogens (tertiary/aromatic N) is 2. The van der Waals surface area contributed by atoms with E-state index in [0.29, 0.717) is 11.0 Å². The van der Waals surface area contributed by atoms with Gasteiger partial charge in [-0.05, 0) is 63.8 Å². The highest BCUT2D eigenvalue weighted by molar-refractivity contribution is 6.62. The molecule has 0 bridgehead atoms. The fourth-order valence-electron chi connectivity index (χ4n) is 3.38. The van der Waals surface area contributed by atoms with Crippen LogP contribution in [0.15, 0.2) is 30.5 Å². The van der Waals surface area contributed by atoms with Gasteiger partial charge in [-0.1, -0.05) is 6.07 Å². The first-order valence-electron chi connectivity index (χ1n) is 10.3. The number of aromatic nitrogens is 1. The second-order valence-corrected chi connectivity index (χ2v) is 8.29. The number of rotatable bonds is 3. The van der Waals surface area contributed by atoms with E-state index in [4.69, 9.17) is 12.1 Å². The zero-order chi connectivity index (χ0) is 22.1. The van der Waals surface area contributed by atoms with Crippen LogP contribution in [0.1, 0.15) is 57.6 Å². The fourth-order valence-corrected chi connectivity index (χ4v) is 3.38. The maximum absolute atomic E-state index is 15.1. The summed E-state index contributed by atoms with van der Waals surface area (Å²) in [5.41, 5.74) is 0.562. The number of pyridine rings is 1. The predicted octanol–water partition coefficient (Wildman–Crippen LogP) is 2.98. The number of benzene rings is 1. The standard InChI is InChI=1S/C21H24BFN2O3/c1-13-9-14(22-27-20(2,3)21(4,5)28-22)10-17(23)16(13)11-25-12-18-15(19(25)26)7-6-8-24-18/h6-10H,11-12H2,1-5H3/i12D2. The molecule has 0 unspecified atom stereocenters. The molecule has 0 spiro atoms. The number of halogens is 1. The van der Waals surface area contributed by atoms with Crippen LogP contribution in [0.25, 0.3) is 0 Å². The molecule has 1 aromatic heterocycles. The third-order valence-corrected chi connectivity index (χ3v) is 5.81. The Balaban J connectivity index is 1.64. The van der Waals surface area contributed by atoms with Crippen LogP contribution in [-0.4, -0.2) is 34.1 Å². The summed E-state index contributed by atoms with van der Waals surface area (Å²) < 4.78 is 43.8. The first kappa shape index (κ1) is 16.7. The zero-order valence-corrected chi connectivity index (χ0v) is 16.7.